The number of rotatable bonds is 5. The minimum Gasteiger partial charge on any atom is -0.411 e. The van der Waals surface area contributed by atoms with Crippen molar-refractivity contribution in [2.75, 3.05) is 5.75 Å². The summed E-state index contributed by atoms with van der Waals surface area (Å²) in [4.78, 5) is 31.1. The van der Waals surface area contributed by atoms with Gasteiger partial charge < -0.3 is 4.42 Å². The van der Waals surface area contributed by atoms with Crippen molar-refractivity contribution in [2.24, 2.45) is 23.2 Å². The molecule has 4 fully saturated rings. The summed E-state index contributed by atoms with van der Waals surface area (Å²) in [7, 11) is 0. The standard InChI is InChI=1S/C27H30N4O3S/c32-22(27-12-16-8-17(13-27)10-18(9-16)14-27)15-35-26-30-29-24(34-26)19-5-6-20-21(11-19)28-23-4-2-1-3-7-31(23)25(20)33/h5-6,11,16-18H,1-4,7-10,12-15H2. The second kappa shape index (κ2) is 8.29. The summed E-state index contributed by atoms with van der Waals surface area (Å²) in [6.07, 6.45) is 11.3. The van der Waals surface area contributed by atoms with Gasteiger partial charge in [0.05, 0.1) is 16.7 Å². The predicted octanol–water partition coefficient (Wildman–Crippen LogP) is 5.05. The van der Waals surface area contributed by atoms with Gasteiger partial charge in [-0.05, 0) is 87.3 Å². The molecule has 35 heavy (non-hydrogen) atoms. The second-order valence-corrected chi connectivity index (χ2v) is 12.2. The molecule has 8 heteroatoms. The Balaban J connectivity index is 1.09. The molecule has 2 aromatic heterocycles. The van der Waals surface area contributed by atoms with Gasteiger partial charge in [-0.1, -0.05) is 18.2 Å². The third-order valence-electron chi connectivity index (χ3n) is 8.93. The molecule has 182 valence electrons. The number of fused-ring (bicyclic) bond motifs is 2. The molecule has 4 saturated carbocycles. The molecule has 0 spiro atoms. The van der Waals surface area contributed by atoms with Crippen LogP contribution in [-0.2, 0) is 17.8 Å². The van der Waals surface area contributed by atoms with Gasteiger partial charge in [0.15, 0.2) is 0 Å². The molecule has 8 rings (SSSR count). The predicted molar refractivity (Wildman–Crippen MR) is 133 cm³/mol. The average molecular weight is 491 g/mol. The van der Waals surface area contributed by atoms with Crippen molar-refractivity contribution < 1.29 is 9.21 Å². The van der Waals surface area contributed by atoms with Crippen LogP contribution in [-0.4, -0.2) is 31.3 Å². The summed E-state index contributed by atoms with van der Waals surface area (Å²) in [5.74, 6) is 4.31. The number of ketones is 1. The minimum atomic E-state index is -0.0965. The van der Waals surface area contributed by atoms with Crippen molar-refractivity contribution in [2.45, 2.75) is 76.0 Å². The van der Waals surface area contributed by atoms with Crippen LogP contribution in [0, 0.1) is 23.2 Å². The number of benzene rings is 1. The number of carbonyl (C=O) groups is 1. The molecular formula is C27H30N4O3S. The number of aromatic nitrogens is 4. The zero-order valence-corrected chi connectivity index (χ0v) is 20.7. The van der Waals surface area contributed by atoms with Crippen molar-refractivity contribution in [1.29, 1.82) is 0 Å². The molecule has 4 aliphatic carbocycles. The molecule has 5 aliphatic rings. The van der Waals surface area contributed by atoms with Crippen LogP contribution in [0.1, 0.15) is 63.6 Å². The van der Waals surface area contributed by atoms with Gasteiger partial charge in [-0.15, -0.1) is 10.2 Å². The van der Waals surface area contributed by atoms with Crippen LogP contribution in [0.25, 0.3) is 22.4 Å². The van der Waals surface area contributed by atoms with Crippen molar-refractivity contribution in [3.63, 3.8) is 0 Å². The third-order valence-corrected chi connectivity index (χ3v) is 9.74. The highest BCUT2D eigenvalue weighted by atomic mass is 32.2. The van der Waals surface area contributed by atoms with Gasteiger partial charge in [0.25, 0.3) is 10.8 Å². The van der Waals surface area contributed by atoms with E-state index in [0.717, 1.165) is 80.6 Å². The monoisotopic (exact) mass is 490 g/mol. The van der Waals surface area contributed by atoms with E-state index in [-0.39, 0.29) is 11.0 Å². The first-order valence-electron chi connectivity index (χ1n) is 13.1. The van der Waals surface area contributed by atoms with Crippen LogP contribution in [0.15, 0.2) is 32.6 Å². The molecule has 0 unspecified atom stereocenters. The van der Waals surface area contributed by atoms with Crippen molar-refractivity contribution in [3.8, 4) is 11.5 Å². The SMILES string of the molecule is O=C(CSc1nnc(-c2ccc3c(=O)n4c(nc3c2)CCCCC4)o1)C12CC3CC(CC(C3)C1)C2. The number of hydrogen-bond acceptors (Lipinski definition) is 7. The molecule has 7 nitrogen and oxygen atoms in total. The van der Waals surface area contributed by atoms with Crippen LogP contribution >= 0.6 is 11.8 Å². The van der Waals surface area contributed by atoms with E-state index in [9.17, 15) is 9.59 Å². The summed E-state index contributed by atoms with van der Waals surface area (Å²) in [5.41, 5.74) is 1.35. The second-order valence-electron chi connectivity index (χ2n) is 11.3. The van der Waals surface area contributed by atoms with E-state index in [0.29, 0.717) is 33.6 Å². The van der Waals surface area contributed by atoms with Gasteiger partial charge in [-0.2, -0.15) is 0 Å². The largest absolute Gasteiger partial charge is 0.411 e. The van der Waals surface area contributed by atoms with E-state index in [4.69, 9.17) is 9.40 Å². The fraction of sp³-hybridized carbons (Fsp3) is 0.593. The first-order chi connectivity index (χ1) is 17.1. The van der Waals surface area contributed by atoms with Crippen LogP contribution in [0.5, 0.6) is 0 Å². The minimum absolute atomic E-state index is 0.0309. The molecule has 0 atom stereocenters. The van der Waals surface area contributed by atoms with Gasteiger partial charge >= 0.3 is 0 Å². The molecule has 0 radical (unpaired) electrons. The fourth-order valence-corrected chi connectivity index (χ4v) is 8.47. The number of Topliss-reactive ketones (excluding diaryl/α,β-unsaturated/α-hetero) is 1. The third kappa shape index (κ3) is 3.76. The Labute approximate surface area is 208 Å². The lowest BCUT2D eigenvalue weighted by Gasteiger charge is -2.55. The Hall–Kier alpha value is -2.48. The van der Waals surface area contributed by atoms with Crippen molar-refractivity contribution in [1.82, 2.24) is 19.7 Å². The van der Waals surface area contributed by atoms with Gasteiger partial charge in [0.1, 0.15) is 11.6 Å². The Bertz CT molecular complexity index is 1340. The molecule has 0 amide bonds. The van der Waals surface area contributed by atoms with Crippen LogP contribution in [0.3, 0.4) is 0 Å². The zero-order valence-electron chi connectivity index (χ0n) is 19.9. The Kier molecular flexibility index (Phi) is 5.16. The van der Waals surface area contributed by atoms with Gasteiger partial charge in [-0.25, -0.2) is 4.98 Å². The Morgan fingerprint density at radius 2 is 1.83 bits per heavy atom. The molecule has 3 aromatic rings. The molecule has 1 aliphatic heterocycles. The van der Waals surface area contributed by atoms with E-state index in [2.05, 4.69) is 10.2 Å². The highest BCUT2D eigenvalue weighted by Crippen LogP contribution is 2.60. The van der Waals surface area contributed by atoms with Crippen molar-refractivity contribution >= 4 is 28.4 Å². The summed E-state index contributed by atoms with van der Waals surface area (Å²) < 4.78 is 7.76. The molecular weight excluding hydrogens is 460 g/mol. The Morgan fingerprint density at radius 1 is 1.06 bits per heavy atom. The van der Waals surface area contributed by atoms with Crippen LogP contribution in [0.2, 0.25) is 0 Å². The number of aryl methyl sites for hydroxylation is 1. The molecule has 4 bridgehead atoms. The Morgan fingerprint density at radius 3 is 2.60 bits per heavy atom. The molecule has 3 heterocycles. The summed E-state index contributed by atoms with van der Waals surface area (Å²) in [6, 6.07) is 5.52. The maximum absolute atomic E-state index is 13.3. The molecule has 0 N–H and O–H groups in total. The van der Waals surface area contributed by atoms with E-state index in [1.54, 1.807) is 0 Å². The number of carbonyl (C=O) groups excluding carboxylic acids is 1. The quantitative estimate of drug-likeness (QED) is 0.462. The van der Waals surface area contributed by atoms with Gasteiger partial charge in [0, 0.05) is 23.9 Å². The van der Waals surface area contributed by atoms with E-state index < -0.39 is 0 Å². The topological polar surface area (TPSA) is 90.9 Å². The zero-order chi connectivity index (χ0) is 23.6. The molecule has 1 aromatic carbocycles. The lowest BCUT2D eigenvalue weighted by molar-refractivity contribution is -0.141. The normalized spacial score (nSPS) is 29.3. The number of thioether (sulfide) groups is 1. The van der Waals surface area contributed by atoms with Crippen molar-refractivity contribution in [3.05, 3.63) is 34.4 Å². The van der Waals surface area contributed by atoms with E-state index in [1.807, 2.05) is 22.8 Å². The maximum Gasteiger partial charge on any atom is 0.277 e. The first kappa shape index (κ1) is 21.8. The number of hydrogen-bond donors (Lipinski definition) is 0. The summed E-state index contributed by atoms with van der Waals surface area (Å²) >= 11 is 1.36. The van der Waals surface area contributed by atoms with E-state index in [1.165, 1.54) is 31.0 Å². The summed E-state index contributed by atoms with van der Waals surface area (Å²) in [5, 5.41) is 9.47. The highest BCUT2D eigenvalue weighted by molar-refractivity contribution is 7.99. The van der Waals surface area contributed by atoms with Gasteiger partial charge in [-0.3, -0.25) is 14.2 Å². The summed E-state index contributed by atoms with van der Waals surface area (Å²) in [6.45, 7) is 0.741. The lowest BCUT2D eigenvalue weighted by atomic mass is 9.48. The van der Waals surface area contributed by atoms with E-state index >= 15 is 0 Å². The number of nitrogens with zero attached hydrogens (tertiary/aromatic N) is 4. The molecule has 0 saturated heterocycles. The van der Waals surface area contributed by atoms with Crippen LogP contribution in [0.4, 0.5) is 0 Å². The first-order valence-corrected chi connectivity index (χ1v) is 14.1. The fourth-order valence-electron chi connectivity index (χ4n) is 7.67. The average Bonchev–Trinajstić information content (AvgIpc) is 3.19. The smallest absolute Gasteiger partial charge is 0.277 e. The van der Waals surface area contributed by atoms with Crippen LogP contribution < -0.4 is 5.56 Å². The van der Waals surface area contributed by atoms with Gasteiger partial charge in [0.2, 0.25) is 5.89 Å². The lowest BCUT2D eigenvalue weighted by Crippen LogP contribution is -2.50. The maximum atomic E-state index is 13.3. The highest BCUT2D eigenvalue weighted by Gasteiger charge is 2.54.